The second kappa shape index (κ2) is 12.6. The first-order chi connectivity index (χ1) is 15.6. The van der Waals surface area contributed by atoms with Gasteiger partial charge in [0.05, 0.1) is 12.7 Å². The smallest absolute Gasteiger partial charge is 0.165 e. The number of halogens is 1. The Balaban J connectivity index is 0.000000890. The molecule has 1 aromatic heterocycles. The molecule has 1 heterocycles. The van der Waals surface area contributed by atoms with Crippen LogP contribution in [0.15, 0.2) is 30.3 Å². The highest BCUT2D eigenvalue weighted by molar-refractivity contribution is 7.17. The van der Waals surface area contributed by atoms with Crippen LogP contribution in [0, 0.1) is 19.7 Å². The molecule has 0 saturated heterocycles. The predicted octanol–water partition coefficient (Wildman–Crippen LogP) is 5.35. The van der Waals surface area contributed by atoms with E-state index >= 15 is 0 Å². The fourth-order valence-electron chi connectivity index (χ4n) is 2.86. The standard InChI is InChI=1S/C22H25FN2O3S.C3H9N/c1-13(2)28-19-7-6-16(10-15(19)4)21-24-25-22(29-21)17-12-18(23)20(11-14(17)3)27-9-5-8-26;1-4(2)3/h6-7,10-13,26H,5,8-9H2,1-4H3;1-3H3. The Morgan fingerprint density at radius 3 is 2.27 bits per heavy atom. The lowest BCUT2D eigenvalue weighted by Gasteiger charge is -2.12. The number of aliphatic hydroxyl groups excluding tert-OH is 1. The van der Waals surface area contributed by atoms with E-state index in [0.29, 0.717) is 17.0 Å². The van der Waals surface area contributed by atoms with E-state index in [1.165, 1.54) is 17.4 Å². The molecule has 0 aliphatic rings. The van der Waals surface area contributed by atoms with Gasteiger partial charge in [-0.1, -0.05) is 11.3 Å². The van der Waals surface area contributed by atoms with E-state index in [-0.39, 0.29) is 25.1 Å². The van der Waals surface area contributed by atoms with Gasteiger partial charge in [0.2, 0.25) is 0 Å². The van der Waals surface area contributed by atoms with E-state index in [2.05, 4.69) is 10.2 Å². The Morgan fingerprint density at radius 2 is 1.67 bits per heavy atom. The minimum Gasteiger partial charge on any atom is -0.491 e. The third-order valence-electron chi connectivity index (χ3n) is 4.28. The summed E-state index contributed by atoms with van der Waals surface area (Å²) in [5.41, 5.74) is 3.52. The van der Waals surface area contributed by atoms with Gasteiger partial charge in [-0.15, -0.1) is 10.2 Å². The summed E-state index contributed by atoms with van der Waals surface area (Å²) in [5.74, 6) is 0.579. The van der Waals surface area contributed by atoms with Crippen molar-refractivity contribution in [3.05, 3.63) is 47.3 Å². The minimum absolute atomic E-state index is 0.0102. The molecular weight excluding hydrogens is 441 g/mol. The zero-order chi connectivity index (χ0) is 24.5. The number of ether oxygens (including phenoxy) is 2. The molecule has 0 amide bonds. The number of hydrogen-bond acceptors (Lipinski definition) is 7. The first-order valence-electron chi connectivity index (χ1n) is 10.9. The van der Waals surface area contributed by atoms with Crippen LogP contribution in [0.5, 0.6) is 11.5 Å². The molecule has 0 fully saturated rings. The summed E-state index contributed by atoms with van der Waals surface area (Å²) in [6, 6.07) is 9.01. The van der Waals surface area contributed by atoms with Gasteiger partial charge >= 0.3 is 0 Å². The molecule has 3 rings (SSSR count). The highest BCUT2D eigenvalue weighted by Gasteiger charge is 2.15. The summed E-state index contributed by atoms with van der Waals surface area (Å²) < 4.78 is 25.6. The monoisotopic (exact) mass is 475 g/mol. The minimum atomic E-state index is -0.452. The van der Waals surface area contributed by atoms with Crippen LogP contribution in [0.25, 0.3) is 21.1 Å². The third kappa shape index (κ3) is 8.07. The molecule has 0 atom stereocenters. The molecule has 0 radical (unpaired) electrons. The first kappa shape index (κ1) is 26.7. The fraction of sp³-hybridized carbons (Fsp3) is 0.440. The van der Waals surface area contributed by atoms with Crippen molar-refractivity contribution in [1.29, 1.82) is 0 Å². The summed E-state index contributed by atoms with van der Waals surface area (Å²) >= 11 is 1.41. The van der Waals surface area contributed by atoms with Gasteiger partial charge in [-0.05, 0) is 90.3 Å². The summed E-state index contributed by atoms with van der Waals surface area (Å²) in [6.45, 7) is 8.15. The number of hydrogen-bond donors (Lipinski definition) is 1. The van der Waals surface area contributed by atoms with Crippen molar-refractivity contribution in [2.45, 2.75) is 40.2 Å². The molecule has 0 spiro atoms. The highest BCUT2D eigenvalue weighted by Crippen LogP contribution is 2.35. The van der Waals surface area contributed by atoms with Crippen molar-refractivity contribution in [1.82, 2.24) is 15.1 Å². The van der Waals surface area contributed by atoms with Crippen molar-refractivity contribution in [3.8, 4) is 32.6 Å². The SMILES string of the molecule is CN(C)C.Cc1cc(-c2nnc(-c3cc(F)c(OCCCO)cc3C)s2)ccc1OC(C)C. The maximum atomic E-state index is 14.4. The van der Waals surface area contributed by atoms with Crippen molar-refractivity contribution in [3.63, 3.8) is 0 Å². The van der Waals surface area contributed by atoms with Crippen LogP contribution in [0.2, 0.25) is 0 Å². The second-order valence-corrected chi connectivity index (χ2v) is 9.40. The second-order valence-electron chi connectivity index (χ2n) is 8.42. The Labute approximate surface area is 200 Å². The molecule has 0 unspecified atom stereocenters. The number of nitrogens with zero attached hydrogens (tertiary/aromatic N) is 3. The molecule has 0 saturated carbocycles. The molecule has 0 aliphatic carbocycles. The average molecular weight is 476 g/mol. The molecule has 180 valence electrons. The first-order valence-corrected chi connectivity index (χ1v) is 11.7. The van der Waals surface area contributed by atoms with Crippen LogP contribution in [-0.2, 0) is 0 Å². The highest BCUT2D eigenvalue weighted by atomic mass is 32.1. The summed E-state index contributed by atoms with van der Waals surface area (Å²) in [4.78, 5) is 2.00. The summed E-state index contributed by atoms with van der Waals surface area (Å²) in [7, 11) is 6.00. The van der Waals surface area contributed by atoms with Gasteiger partial charge in [-0.2, -0.15) is 0 Å². The van der Waals surface area contributed by atoms with Crippen molar-refractivity contribution in [2.75, 3.05) is 34.4 Å². The van der Waals surface area contributed by atoms with Crippen LogP contribution in [0.1, 0.15) is 31.4 Å². The zero-order valence-corrected chi connectivity index (χ0v) is 21.3. The largest absolute Gasteiger partial charge is 0.491 e. The Morgan fingerprint density at radius 1 is 1.00 bits per heavy atom. The normalized spacial score (nSPS) is 10.9. The van der Waals surface area contributed by atoms with Crippen LogP contribution in [0.4, 0.5) is 4.39 Å². The van der Waals surface area contributed by atoms with Crippen molar-refractivity contribution < 1.29 is 19.0 Å². The Bertz CT molecular complexity index is 1030. The average Bonchev–Trinajstić information content (AvgIpc) is 3.21. The maximum Gasteiger partial charge on any atom is 0.165 e. The Hall–Kier alpha value is -2.55. The lowest BCUT2D eigenvalue weighted by Crippen LogP contribution is -2.06. The summed E-state index contributed by atoms with van der Waals surface area (Å²) in [5, 5.41) is 18.8. The third-order valence-corrected chi connectivity index (χ3v) is 5.28. The molecular formula is C25H34FN3O3S. The van der Waals surface area contributed by atoms with E-state index in [1.54, 1.807) is 6.07 Å². The van der Waals surface area contributed by atoms with Crippen LogP contribution in [0.3, 0.4) is 0 Å². The lowest BCUT2D eigenvalue weighted by molar-refractivity contribution is 0.228. The van der Waals surface area contributed by atoms with Crippen molar-refractivity contribution >= 4 is 11.3 Å². The number of rotatable bonds is 8. The molecule has 33 heavy (non-hydrogen) atoms. The summed E-state index contributed by atoms with van der Waals surface area (Å²) in [6.07, 6.45) is 0.571. The van der Waals surface area contributed by atoms with Gasteiger partial charge in [0, 0.05) is 24.2 Å². The number of aliphatic hydroxyl groups is 1. The molecule has 3 aromatic rings. The number of benzene rings is 2. The predicted molar refractivity (Wildman–Crippen MR) is 133 cm³/mol. The van der Waals surface area contributed by atoms with E-state index in [9.17, 15) is 4.39 Å². The van der Waals surface area contributed by atoms with E-state index in [1.807, 2.05) is 71.9 Å². The molecule has 8 heteroatoms. The molecule has 6 nitrogen and oxygen atoms in total. The zero-order valence-electron chi connectivity index (χ0n) is 20.5. The lowest BCUT2D eigenvalue weighted by atomic mass is 10.1. The molecule has 2 aromatic carbocycles. The van der Waals surface area contributed by atoms with Crippen molar-refractivity contribution in [2.24, 2.45) is 0 Å². The van der Waals surface area contributed by atoms with Gasteiger partial charge in [-0.25, -0.2) is 4.39 Å². The molecule has 0 bridgehead atoms. The number of aryl methyl sites for hydroxylation is 2. The van der Waals surface area contributed by atoms with E-state index < -0.39 is 5.82 Å². The van der Waals surface area contributed by atoms with E-state index in [0.717, 1.165) is 27.4 Å². The number of aromatic nitrogens is 2. The van der Waals surface area contributed by atoms with Gasteiger partial charge < -0.3 is 19.5 Å². The van der Waals surface area contributed by atoms with E-state index in [4.69, 9.17) is 14.6 Å². The van der Waals surface area contributed by atoms with Crippen LogP contribution >= 0.6 is 11.3 Å². The van der Waals surface area contributed by atoms with Gasteiger partial charge in [0.25, 0.3) is 0 Å². The molecule has 0 aliphatic heterocycles. The maximum absolute atomic E-state index is 14.4. The molecule has 1 N–H and O–H groups in total. The fourth-order valence-corrected chi connectivity index (χ4v) is 3.78. The van der Waals surface area contributed by atoms with Gasteiger partial charge in [0.1, 0.15) is 15.8 Å². The van der Waals surface area contributed by atoms with Crippen LogP contribution in [-0.4, -0.2) is 60.7 Å². The van der Waals surface area contributed by atoms with Gasteiger partial charge in [0.15, 0.2) is 11.6 Å². The quantitative estimate of drug-likeness (QED) is 0.443. The topological polar surface area (TPSA) is 67.7 Å². The van der Waals surface area contributed by atoms with Crippen LogP contribution < -0.4 is 9.47 Å². The Kier molecular flexibility index (Phi) is 10.2. The van der Waals surface area contributed by atoms with Gasteiger partial charge in [-0.3, -0.25) is 0 Å².